The Labute approximate surface area is 174 Å². The van der Waals surface area contributed by atoms with E-state index in [0.29, 0.717) is 0 Å². The van der Waals surface area contributed by atoms with Crippen molar-refractivity contribution >= 4 is 0 Å². The van der Waals surface area contributed by atoms with E-state index in [1.165, 1.54) is 135 Å². The monoisotopic (exact) mass is 381 g/mol. The quantitative estimate of drug-likeness (QED) is 0.169. The highest BCUT2D eigenvalue weighted by Gasteiger charge is 1.99. The van der Waals surface area contributed by atoms with Crippen molar-refractivity contribution < 1.29 is 0 Å². The summed E-state index contributed by atoms with van der Waals surface area (Å²) < 4.78 is 0. The number of unbranched alkanes of at least 4 members (excludes halogenated alkanes) is 16. The molecule has 1 nitrogen and oxygen atoms in total. The van der Waals surface area contributed by atoms with Gasteiger partial charge in [0, 0.05) is 0 Å². The molecule has 0 atom stereocenters. The first-order chi connectivity index (χ1) is 13.2. The fourth-order valence-corrected chi connectivity index (χ4v) is 3.98. The summed E-state index contributed by atoms with van der Waals surface area (Å²) in [5.41, 5.74) is 0. The molecule has 0 aliphatic rings. The van der Waals surface area contributed by atoms with Crippen LogP contribution in [0.2, 0.25) is 0 Å². The van der Waals surface area contributed by atoms with Crippen LogP contribution in [0.3, 0.4) is 0 Å². The van der Waals surface area contributed by atoms with Crippen molar-refractivity contribution in [3.63, 3.8) is 0 Å². The fraction of sp³-hybridized carbons (Fsp3) is 1.00. The topological polar surface area (TPSA) is 3.24 Å². The van der Waals surface area contributed by atoms with Gasteiger partial charge in [-0.05, 0) is 38.9 Å². The van der Waals surface area contributed by atoms with E-state index in [0.717, 1.165) is 5.92 Å². The Morgan fingerprint density at radius 1 is 0.481 bits per heavy atom. The molecule has 0 saturated carbocycles. The summed E-state index contributed by atoms with van der Waals surface area (Å²) >= 11 is 0. The summed E-state index contributed by atoms with van der Waals surface area (Å²) in [5.74, 6) is 0.891. The molecule has 0 aromatic rings. The highest BCUT2D eigenvalue weighted by Crippen LogP contribution is 2.13. The van der Waals surface area contributed by atoms with Gasteiger partial charge in [0.25, 0.3) is 0 Å². The van der Waals surface area contributed by atoms with Crippen LogP contribution in [0, 0.1) is 5.92 Å². The molecule has 27 heavy (non-hydrogen) atoms. The Kier molecular flexibility index (Phi) is 22.2. The largest absolute Gasteiger partial charge is 0.306 e. The first-order valence-electron chi connectivity index (χ1n) is 12.8. The number of hydrogen-bond donors (Lipinski definition) is 0. The van der Waals surface area contributed by atoms with Crippen LogP contribution < -0.4 is 0 Å². The second kappa shape index (κ2) is 22.3. The number of rotatable bonds is 22. The van der Waals surface area contributed by atoms with Crippen molar-refractivity contribution in [3.8, 4) is 0 Å². The SMILES string of the molecule is CCCCCCCCCCCCN(C)CCCCCCCCCCC(C)C. The van der Waals surface area contributed by atoms with Crippen molar-refractivity contribution in [2.24, 2.45) is 5.92 Å². The van der Waals surface area contributed by atoms with E-state index in [2.05, 4.69) is 32.7 Å². The molecule has 0 saturated heterocycles. The fourth-order valence-electron chi connectivity index (χ4n) is 3.98. The standard InChI is InChI=1S/C26H55N/c1-5-6-7-8-9-10-12-15-18-21-24-27(4)25-22-19-16-13-11-14-17-20-23-26(2)3/h26H,5-25H2,1-4H3. The molecule has 0 aliphatic heterocycles. The van der Waals surface area contributed by atoms with Crippen molar-refractivity contribution in [2.75, 3.05) is 20.1 Å². The minimum atomic E-state index is 0.891. The van der Waals surface area contributed by atoms with Crippen LogP contribution >= 0.6 is 0 Å². The normalized spacial score (nSPS) is 11.8. The van der Waals surface area contributed by atoms with Crippen LogP contribution in [0.15, 0.2) is 0 Å². The van der Waals surface area contributed by atoms with Gasteiger partial charge in [-0.25, -0.2) is 0 Å². The van der Waals surface area contributed by atoms with Crippen molar-refractivity contribution in [1.29, 1.82) is 0 Å². The maximum Gasteiger partial charge on any atom is -0.00218 e. The van der Waals surface area contributed by atoms with Crippen LogP contribution in [-0.4, -0.2) is 25.0 Å². The Morgan fingerprint density at radius 2 is 0.815 bits per heavy atom. The molecular formula is C26H55N. The van der Waals surface area contributed by atoms with Gasteiger partial charge in [-0.15, -0.1) is 0 Å². The molecule has 0 N–H and O–H groups in total. The molecule has 164 valence electrons. The average molecular weight is 382 g/mol. The van der Waals surface area contributed by atoms with E-state index in [1.807, 2.05) is 0 Å². The average Bonchev–Trinajstić information content (AvgIpc) is 2.64. The van der Waals surface area contributed by atoms with Crippen LogP contribution in [0.25, 0.3) is 0 Å². The van der Waals surface area contributed by atoms with Gasteiger partial charge in [-0.3, -0.25) is 0 Å². The van der Waals surface area contributed by atoms with Crippen molar-refractivity contribution in [2.45, 2.75) is 143 Å². The Hall–Kier alpha value is -0.0400. The predicted octanol–water partition coefficient (Wildman–Crippen LogP) is 9.01. The molecule has 0 rings (SSSR count). The molecule has 0 fully saturated rings. The minimum Gasteiger partial charge on any atom is -0.306 e. The molecule has 0 amide bonds. The van der Waals surface area contributed by atoms with Crippen molar-refractivity contribution in [1.82, 2.24) is 4.90 Å². The molecule has 0 spiro atoms. The lowest BCUT2D eigenvalue weighted by Gasteiger charge is -2.16. The molecular weight excluding hydrogens is 326 g/mol. The minimum absolute atomic E-state index is 0.891. The zero-order valence-corrected chi connectivity index (χ0v) is 19.9. The van der Waals surface area contributed by atoms with Crippen LogP contribution in [0.4, 0.5) is 0 Å². The zero-order chi connectivity index (χ0) is 20.0. The van der Waals surface area contributed by atoms with Gasteiger partial charge in [0.15, 0.2) is 0 Å². The third-order valence-electron chi connectivity index (χ3n) is 5.96. The van der Waals surface area contributed by atoms with Gasteiger partial charge in [-0.1, -0.05) is 130 Å². The highest BCUT2D eigenvalue weighted by atomic mass is 15.1. The summed E-state index contributed by atoms with van der Waals surface area (Å²) in [4.78, 5) is 2.57. The maximum atomic E-state index is 2.57. The third kappa shape index (κ3) is 23.9. The summed E-state index contributed by atoms with van der Waals surface area (Å²) in [7, 11) is 2.32. The molecule has 0 unspecified atom stereocenters. The van der Waals surface area contributed by atoms with E-state index < -0.39 is 0 Å². The molecule has 0 aromatic heterocycles. The van der Waals surface area contributed by atoms with Crippen molar-refractivity contribution in [3.05, 3.63) is 0 Å². The smallest absolute Gasteiger partial charge is 0.00218 e. The Bertz CT molecular complexity index is 261. The van der Waals surface area contributed by atoms with Gasteiger partial charge in [0.05, 0.1) is 0 Å². The zero-order valence-electron chi connectivity index (χ0n) is 19.9. The molecule has 0 aliphatic carbocycles. The van der Waals surface area contributed by atoms with E-state index in [-0.39, 0.29) is 0 Å². The summed E-state index contributed by atoms with van der Waals surface area (Å²) in [5, 5.41) is 0. The first kappa shape index (κ1) is 27.0. The highest BCUT2D eigenvalue weighted by molar-refractivity contribution is 4.55. The van der Waals surface area contributed by atoms with Crippen LogP contribution in [0.1, 0.15) is 143 Å². The van der Waals surface area contributed by atoms with Gasteiger partial charge in [0.1, 0.15) is 0 Å². The van der Waals surface area contributed by atoms with E-state index in [9.17, 15) is 0 Å². The van der Waals surface area contributed by atoms with Gasteiger partial charge in [0.2, 0.25) is 0 Å². The van der Waals surface area contributed by atoms with E-state index in [1.54, 1.807) is 0 Å². The van der Waals surface area contributed by atoms with Gasteiger partial charge in [-0.2, -0.15) is 0 Å². The molecule has 0 radical (unpaired) electrons. The van der Waals surface area contributed by atoms with Crippen LogP contribution in [0.5, 0.6) is 0 Å². The number of nitrogens with zero attached hydrogens (tertiary/aromatic N) is 1. The van der Waals surface area contributed by atoms with E-state index >= 15 is 0 Å². The molecule has 0 heterocycles. The van der Waals surface area contributed by atoms with Gasteiger partial charge < -0.3 is 4.90 Å². The predicted molar refractivity (Wildman–Crippen MR) is 126 cm³/mol. The molecule has 0 bridgehead atoms. The Morgan fingerprint density at radius 3 is 1.19 bits per heavy atom. The molecule has 0 aromatic carbocycles. The maximum absolute atomic E-state index is 2.57. The second-order valence-corrected chi connectivity index (χ2v) is 9.50. The summed E-state index contributed by atoms with van der Waals surface area (Å²) in [6, 6.07) is 0. The summed E-state index contributed by atoms with van der Waals surface area (Å²) in [6.45, 7) is 9.60. The first-order valence-corrected chi connectivity index (χ1v) is 12.8. The molecule has 1 heteroatoms. The Balaban J connectivity index is 3.14. The summed E-state index contributed by atoms with van der Waals surface area (Å²) in [6.07, 6.45) is 27.5. The lowest BCUT2D eigenvalue weighted by Crippen LogP contribution is -2.20. The van der Waals surface area contributed by atoms with E-state index in [4.69, 9.17) is 0 Å². The van der Waals surface area contributed by atoms with Gasteiger partial charge >= 0.3 is 0 Å². The third-order valence-corrected chi connectivity index (χ3v) is 5.96. The lowest BCUT2D eigenvalue weighted by atomic mass is 10.0. The lowest BCUT2D eigenvalue weighted by molar-refractivity contribution is 0.314. The second-order valence-electron chi connectivity index (χ2n) is 9.50. The van der Waals surface area contributed by atoms with Crippen LogP contribution in [-0.2, 0) is 0 Å². The number of hydrogen-bond acceptors (Lipinski definition) is 1.